The fourth-order valence-corrected chi connectivity index (χ4v) is 5.65. The van der Waals surface area contributed by atoms with Crippen LogP contribution in [0.1, 0.15) is 59.8 Å². The lowest BCUT2D eigenvalue weighted by atomic mass is 9.87. The summed E-state index contributed by atoms with van der Waals surface area (Å²) in [5.41, 5.74) is 2.72. The number of amides is 1. The molecule has 1 aliphatic carbocycles. The van der Waals surface area contributed by atoms with Gasteiger partial charge in [-0.1, -0.05) is 32.0 Å². The second-order valence-electron chi connectivity index (χ2n) is 7.33. The number of phenolic OH excluding ortho intramolecular Hbond substituents is 1. The fraction of sp³-hybridized carbons (Fsp3) is 0.409. The molecule has 0 bridgehead atoms. The van der Waals surface area contributed by atoms with Crippen molar-refractivity contribution >= 4 is 15.9 Å². The molecule has 0 saturated heterocycles. The van der Waals surface area contributed by atoms with E-state index in [1.807, 2.05) is 6.07 Å². The Bertz CT molecular complexity index is 1010. The number of aryl methyl sites for hydroxylation is 1. The van der Waals surface area contributed by atoms with Crippen LogP contribution >= 0.6 is 0 Å². The number of hydrogen-bond donors (Lipinski definition) is 2. The van der Waals surface area contributed by atoms with Crippen molar-refractivity contribution < 1.29 is 18.3 Å². The minimum atomic E-state index is -3.65. The number of fused-ring (bicyclic) bond motifs is 1. The van der Waals surface area contributed by atoms with Gasteiger partial charge in [0.15, 0.2) is 0 Å². The third kappa shape index (κ3) is 4.16. The molecule has 2 aromatic rings. The fourth-order valence-electron chi connectivity index (χ4n) is 3.94. The van der Waals surface area contributed by atoms with Crippen LogP contribution in [-0.4, -0.2) is 36.8 Å². The topological polar surface area (TPSA) is 86.7 Å². The average molecular weight is 417 g/mol. The molecule has 6 nitrogen and oxygen atoms in total. The third-order valence-corrected chi connectivity index (χ3v) is 7.75. The molecule has 156 valence electrons. The number of carbonyl (C=O) groups is 1. The highest BCUT2D eigenvalue weighted by Gasteiger charge is 2.27. The number of carbonyl (C=O) groups excluding carboxylic acids is 1. The van der Waals surface area contributed by atoms with Crippen LogP contribution in [0.25, 0.3) is 0 Å². The molecule has 0 spiro atoms. The molecule has 1 atom stereocenters. The van der Waals surface area contributed by atoms with E-state index in [1.165, 1.54) is 10.4 Å². The van der Waals surface area contributed by atoms with Crippen LogP contribution in [0, 0.1) is 6.92 Å². The molecular formula is C22H28N2O4S. The van der Waals surface area contributed by atoms with Gasteiger partial charge in [0.05, 0.1) is 10.9 Å². The summed E-state index contributed by atoms with van der Waals surface area (Å²) in [6.07, 6.45) is 2.43. The molecule has 7 heteroatoms. The van der Waals surface area contributed by atoms with Gasteiger partial charge in [-0.05, 0) is 61.1 Å². The van der Waals surface area contributed by atoms with Gasteiger partial charge in [-0.2, -0.15) is 4.31 Å². The maximum atomic E-state index is 12.9. The van der Waals surface area contributed by atoms with E-state index in [-0.39, 0.29) is 22.6 Å². The van der Waals surface area contributed by atoms with Gasteiger partial charge in [-0.15, -0.1) is 0 Å². The summed E-state index contributed by atoms with van der Waals surface area (Å²) in [6.45, 7) is 6.07. The van der Waals surface area contributed by atoms with E-state index in [2.05, 4.69) is 5.32 Å². The lowest BCUT2D eigenvalue weighted by molar-refractivity contribution is 0.0932. The molecule has 29 heavy (non-hydrogen) atoms. The Kier molecular flexibility index (Phi) is 6.29. The summed E-state index contributed by atoms with van der Waals surface area (Å²) in [5.74, 6) is -0.0634. The van der Waals surface area contributed by atoms with Crippen molar-refractivity contribution in [2.24, 2.45) is 0 Å². The summed E-state index contributed by atoms with van der Waals surface area (Å²) in [7, 11) is -3.65. The number of hydrogen-bond acceptors (Lipinski definition) is 4. The molecule has 1 amide bonds. The molecule has 0 saturated carbocycles. The standard InChI is InChI=1S/C22H28N2O4S/c1-4-24(5-2)29(27,28)21-14-16(13-12-15(21)3)22(26)23-19-10-6-9-18-17(19)8-7-11-20(18)25/h7-8,11-14,19,25H,4-6,9-10H2,1-3H3,(H,23,26). The van der Waals surface area contributed by atoms with Gasteiger partial charge in [0.2, 0.25) is 10.0 Å². The molecule has 3 rings (SSSR count). The van der Waals surface area contributed by atoms with E-state index in [4.69, 9.17) is 0 Å². The predicted molar refractivity (Wildman–Crippen MR) is 113 cm³/mol. The summed E-state index contributed by atoms with van der Waals surface area (Å²) >= 11 is 0. The summed E-state index contributed by atoms with van der Waals surface area (Å²) in [4.78, 5) is 13.1. The van der Waals surface area contributed by atoms with Gasteiger partial charge in [-0.3, -0.25) is 4.79 Å². The number of benzene rings is 2. The monoisotopic (exact) mass is 416 g/mol. The normalized spacial score (nSPS) is 16.5. The Hall–Kier alpha value is -2.38. The molecule has 0 aliphatic heterocycles. The first kappa shape index (κ1) is 21.3. The highest BCUT2D eigenvalue weighted by molar-refractivity contribution is 7.89. The molecule has 2 aromatic carbocycles. The maximum Gasteiger partial charge on any atom is 0.251 e. The van der Waals surface area contributed by atoms with Gasteiger partial charge in [0.25, 0.3) is 5.91 Å². The van der Waals surface area contributed by atoms with Crippen molar-refractivity contribution in [2.75, 3.05) is 13.1 Å². The Morgan fingerprint density at radius 3 is 2.62 bits per heavy atom. The van der Waals surface area contributed by atoms with Gasteiger partial charge in [-0.25, -0.2) is 8.42 Å². The van der Waals surface area contributed by atoms with E-state index >= 15 is 0 Å². The van der Waals surface area contributed by atoms with Crippen LogP contribution < -0.4 is 5.32 Å². The van der Waals surface area contributed by atoms with Crippen molar-refractivity contribution in [1.82, 2.24) is 9.62 Å². The third-order valence-electron chi connectivity index (χ3n) is 5.56. The molecule has 1 unspecified atom stereocenters. The first-order chi connectivity index (χ1) is 13.8. The Labute approximate surface area is 172 Å². The number of phenols is 1. The second-order valence-corrected chi connectivity index (χ2v) is 9.24. The van der Waals surface area contributed by atoms with E-state index in [0.717, 1.165) is 30.4 Å². The molecule has 1 aliphatic rings. The predicted octanol–water partition coefficient (Wildman–Crippen LogP) is 3.54. The quantitative estimate of drug-likeness (QED) is 0.754. The van der Waals surface area contributed by atoms with Crippen molar-refractivity contribution in [3.63, 3.8) is 0 Å². The van der Waals surface area contributed by atoms with Crippen LogP contribution in [0.4, 0.5) is 0 Å². The van der Waals surface area contributed by atoms with Crippen LogP contribution in [0.2, 0.25) is 0 Å². The average Bonchev–Trinajstić information content (AvgIpc) is 2.69. The van der Waals surface area contributed by atoms with Gasteiger partial charge in [0, 0.05) is 18.7 Å². The first-order valence-corrected chi connectivity index (χ1v) is 11.5. The molecule has 2 N–H and O–H groups in total. The zero-order chi connectivity index (χ0) is 21.2. The molecular weight excluding hydrogens is 388 g/mol. The van der Waals surface area contributed by atoms with Gasteiger partial charge < -0.3 is 10.4 Å². The summed E-state index contributed by atoms with van der Waals surface area (Å²) < 4.78 is 27.3. The molecule has 0 heterocycles. The summed E-state index contributed by atoms with van der Waals surface area (Å²) in [5, 5.41) is 13.1. The van der Waals surface area contributed by atoms with Crippen molar-refractivity contribution in [3.05, 3.63) is 58.7 Å². The number of aromatic hydroxyl groups is 1. The number of nitrogens with zero attached hydrogens (tertiary/aromatic N) is 1. The van der Waals surface area contributed by atoms with Crippen molar-refractivity contribution in [1.29, 1.82) is 0 Å². The van der Waals surface area contributed by atoms with E-state index < -0.39 is 10.0 Å². The smallest absolute Gasteiger partial charge is 0.251 e. The zero-order valence-corrected chi connectivity index (χ0v) is 17.9. The van der Waals surface area contributed by atoms with E-state index in [9.17, 15) is 18.3 Å². The van der Waals surface area contributed by atoms with Crippen LogP contribution in [0.5, 0.6) is 5.75 Å². The number of rotatable bonds is 6. The largest absolute Gasteiger partial charge is 0.508 e. The Balaban J connectivity index is 1.90. The Morgan fingerprint density at radius 2 is 1.93 bits per heavy atom. The lowest BCUT2D eigenvalue weighted by Crippen LogP contribution is -2.32. The van der Waals surface area contributed by atoms with Crippen LogP contribution in [0.15, 0.2) is 41.3 Å². The molecule has 0 aromatic heterocycles. The van der Waals surface area contributed by atoms with Gasteiger partial charge >= 0.3 is 0 Å². The van der Waals surface area contributed by atoms with E-state index in [1.54, 1.807) is 45.0 Å². The van der Waals surface area contributed by atoms with Crippen molar-refractivity contribution in [2.45, 2.75) is 51.0 Å². The maximum absolute atomic E-state index is 12.9. The van der Waals surface area contributed by atoms with Crippen LogP contribution in [-0.2, 0) is 16.4 Å². The van der Waals surface area contributed by atoms with Gasteiger partial charge in [0.1, 0.15) is 5.75 Å². The lowest BCUT2D eigenvalue weighted by Gasteiger charge is -2.27. The highest BCUT2D eigenvalue weighted by atomic mass is 32.2. The number of sulfonamides is 1. The van der Waals surface area contributed by atoms with Crippen molar-refractivity contribution in [3.8, 4) is 5.75 Å². The molecule has 0 radical (unpaired) electrons. The minimum absolute atomic E-state index is 0.163. The highest BCUT2D eigenvalue weighted by Crippen LogP contribution is 2.35. The van der Waals surface area contributed by atoms with E-state index in [0.29, 0.717) is 24.2 Å². The Morgan fingerprint density at radius 1 is 1.21 bits per heavy atom. The molecule has 0 fully saturated rings. The minimum Gasteiger partial charge on any atom is -0.508 e. The van der Waals surface area contributed by atoms with Crippen LogP contribution in [0.3, 0.4) is 0 Å². The number of nitrogens with one attached hydrogen (secondary N) is 1. The zero-order valence-electron chi connectivity index (χ0n) is 17.1. The first-order valence-electron chi connectivity index (χ1n) is 10.0. The SMILES string of the molecule is CCN(CC)S(=O)(=O)c1cc(C(=O)NC2CCCc3c(O)cccc32)ccc1C. The summed E-state index contributed by atoms with van der Waals surface area (Å²) in [6, 6.07) is 9.94. The second kappa shape index (κ2) is 8.55.